The first-order chi connectivity index (χ1) is 11.6. The van der Waals surface area contributed by atoms with Gasteiger partial charge in [0.05, 0.1) is 11.3 Å². The molecule has 1 aromatic heterocycles. The SMILES string of the molecule is CN(c1ccccc1)c1cc(Nc2ccccc2C(=O)O)ncn1. The molecule has 0 bridgehead atoms. The Labute approximate surface area is 139 Å². The molecule has 0 saturated heterocycles. The normalized spacial score (nSPS) is 10.2. The van der Waals surface area contributed by atoms with Crippen LogP contribution in [0.4, 0.5) is 23.0 Å². The van der Waals surface area contributed by atoms with Crippen molar-refractivity contribution in [2.75, 3.05) is 17.3 Å². The molecule has 6 heteroatoms. The van der Waals surface area contributed by atoms with E-state index in [0.717, 1.165) is 5.69 Å². The van der Waals surface area contributed by atoms with Crippen LogP contribution >= 0.6 is 0 Å². The monoisotopic (exact) mass is 320 g/mol. The van der Waals surface area contributed by atoms with E-state index < -0.39 is 5.97 Å². The molecule has 0 aliphatic heterocycles. The average molecular weight is 320 g/mol. The Balaban J connectivity index is 1.88. The number of rotatable bonds is 5. The van der Waals surface area contributed by atoms with Crippen LogP contribution in [0.2, 0.25) is 0 Å². The third-order valence-electron chi connectivity index (χ3n) is 3.56. The molecule has 3 aromatic rings. The van der Waals surface area contributed by atoms with Crippen molar-refractivity contribution < 1.29 is 9.90 Å². The molecule has 0 aliphatic carbocycles. The standard InChI is InChI=1S/C18H16N4O2/c1-22(13-7-3-2-4-8-13)17-11-16(19-12-20-17)21-15-10-6-5-9-14(15)18(23)24/h2-12H,1H3,(H,23,24)(H,19,20,21). The summed E-state index contributed by atoms with van der Waals surface area (Å²) in [4.78, 5) is 21.7. The number of carbonyl (C=O) groups is 1. The Kier molecular flexibility index (Phi) is 4.38. The Morgan fingerprint density at radius 2 is 1.75 bits per heavy atom. The average Bonchev–Trinajstić information content (AvgIpc) is 2.62. The molecule has 0 unspecified atom stereocenters. The van der Waals surface area contributed by atoms with Gasteiger partial charge >= 0.3 is 5.97 Å². The van der Waals surface area contributed by atoms with Crippen molar-refractivity contribution in [3.05, 3.63) is 72.6 Å². The predicted octanol–water partition coefficient (Wildman–Crippen LogP) is 3.69. The van der Waals surface area contributed by atoms with Crippen LogP contribution in [0.15, 0.2) is 67.0 Å². The van der Waals surface area contributed by atoms with Gasteiger partial charge in [0.2, 0.25) is 0 Å². The second-order valence-electron chi connectivity index (χ2n) is 5.13. The molecule has 0 amide bonds. The van der Waals surface area contributed by atoms with Gasteiger partial charge in [0.25, 0.3) is 0 Å². The summed E-state index contributed by atoms with van der Waals surface area (Å²) in [6.07, 6.45) is 1.44. The zero-order chi connectivity index (χ0) is 16.9. The molecule has 0 fully saturated rings. The summed E-state index contributed by atoms with van der Waals surface area (Å²) in [5.41, 5.74) is 1.67. The molecule has 0 saturated carbocycles. The van der Waals surface area contributed by atoms with E-state index in [2.05, 4.69) is 15.3 Å². The van der Waals surface area contributed by atoms with Gasteiger partial charge in [0.1, 0.15) is 18.0 Å². The summed E-state index contributed by atoms with van der Waals surface area (Å²) >= 11 is 0. The fourth-order valence-electron chi connectivity index (χ4n) is 2.30. The van der Waals surface area contributed by atoms with E-state index in [1.807, 2.05) is 42.3 Å². The minimum atomic E-state index is -0.992. The van der Waals surface area contributed by atoms with E-state index in [4.69, 9.17) is 0 Å². The van der Waals surface area contributed by atoms with Crippen molar-refractivity contribution >= 4 is 29.0 Å². The number of carboxylic acids is 1. The Bertz CT molecular complexity index is 852. The molecule has 6 nitrogen and oxygen atoms in total. The summed E-state index contributed by atoms with van der Waals surface area (Å²) in [6, 6.07) is 18.3. The van der Waals surface area contributed by atoms with E-state index in [0.29, 0.717) is 17.3 Å². The van der Waals surface area contributed by atoms with Crippen molar-refractivity contribution in [1.29, 1.82) is 0 Å². The van der Waals surface area contributed by atoms with Gasteiger partial charge < -0.3 is 15.3 Å². The molecule has 0 atom stereocenters. The Morgan fingerprint density at radius 3 is 2.50 bits per heavy atom. The van der Waals surface area contributed by atoms with Crippen molar-refractivity contribution in [2.24, 2.45) is 0 Å². The van der Waals surface area contributed by atoms with Crippen LogP contribution in [-0.2, 0) is 0 Å². The zero-order valence-corrected chi connectivity index (χ0v) is 13.0. The maximum absolute atomic E-state index is 11.3. The van der Waals surface area contributed by atoms with Gasteiger partial charge in [0.15, 0.2) is 0 Å². The Hall–Kier alpha value is -3.41. The number of hydrogen-bond acceptors (Lipinski definition) is 5. The highest BCUT2D eigenvalue weighted by molar-refractivity contribution is 5.95. The smallest absolute Gasteiger partial charge is 0.337 e. The number of para-hydroxylation sites is 2. The maximum atomic E-state index is 11.3. The molecule has 0 radical (unpaired) electrons. The topological polar surface area (TPSA) is 78.4 Å². The van der Waals surface area contributed by atoms with Crippen LogP contribution in [0.25, 0.3) is 0 Å². The largest absolute Gasteiger partial charge is 0.478 e. The van der Waals surface area contributed by atoms with Gasteiger partial charge in [-0.1, -0.05) is 30.3 Å². The van der Waals surface area contributed by atoms with Gasteiger partial charge in [-0.25, -0.2) is 14.8 Å². The number of anilines is 4. The first-order valence-electron chi connectivity index (χ1n) is 7.35. The van der Waals surface area contributed by atoms with Gasteiger partial charge in [-0.2, -0.15) is 0 Å². The first kappa shape index (κ1) is 15.5. The molecule has 0 aliphatic rings. The molecule has 24 heavy (non-hydrogen) atoms. The van der Waals surface area contributed by atoms with Crippen LogP contribution in [0.5, 0.6) is 0 Å². The molecule has 1 heterocycles. The number of nitrogens with zero attached hydrogens (tertiary/aromatic N) is 3. The highest BCUT2D eigenvalue weighted by atomic mass is 16.4. The number of aromatic carboxylic acids is 1. The van der Waals surface area contributed by atoms with Crippen molar-refractivity contribution in [3.8, 4) is 0 Å². The second kappa shape index (κ2) is 6.78. The van der Waals surface area contributed by atoms with E-state index in [1.165, 1.54) is 6.33 Å². The molecule has 120 valence electrons. The lowest BCUT2D eigenvalue weighted by Gasteiger charge is -2.18. The third kappa shape index (κ3) is 3.33. The van der Waals surface area contributed by atoms with Gasteiger partial charge in [-0.15, -0.1) is 0 Å². The number of nitrogens with one attached hydrogen (secondary N) is 1. The molecular formula is C18H16N4O2. The molecular weight excluding hydrogens is 304 g/mol. The van der Waals surface area contributed by atoms with E-state index in [9.17, 15) is 9.90 Å². The van der Waals surface area contributed by atoms with Crippen molar-refractivity contribution in [3.63, 3.8) is 0 Å². The van der Waals surface area contributed by atoms with Crippen molar-refractivity contribution in [2.45, 2.75) is 0 Å². The molecule has 2 N–H and O–H groups in total. The summed E-state index contributed by atoms with van der Waals surface area (Å²) in [5, 5.41) is 12.3. The summed E-state index contributed by atoms with van der Waals surface area (Å²) in [6.45, 7) is 0. The Morgan fingerprint density at radius 1 is 1.04 bits per heavy atom. The molecule has 2 aromatic carbocycles. The van der Waals surface area contributed by atoms with Crippen LogP contribution in [0.3, 0.4) is 0 Å². The van der Waals surface area contributed by atoms with Crippen LogP contribution in [0, 0.1) is 0 Å². The second-order valence-corrected chi connectivity index (χ2v) is 5.13. The summed E-state index contributed by atoms with van der Waals surface area (Å²) < 4.78 is 0. The van der Waals surface area contributed by atoms with Crippen LogP contribution in [-0.4, -0.2) is 28.1 Å². The van der Waals surface area contributed by atoms with Gasteiger partial charge in [-0.05, 0) is 24.3 Å². The highest BCUT2D eigenvalue weighted by Gasteiger charge is 2.11. The van der Waals surface area contributed by atoms with E-state index >= 15 is 0 Å². The lowest BCUT2D eigenvalue weighted by molar-refractivity contribution is 0.0698. The highest BCUT2D eigenvalue weighted by Crippen LogP contribution is 2.25. The van der Waals surface area contributed by atoms with E-state index in [-0.39, 0.29) is 5.56 Å². The summed E-state index contributed by atoms with van der Waals surface area (Å²) in [7, 11) is 1.91. The lowest BCUT2D eigenvalue weighted by Crippen LogP contribution is -2.12. The van der Waals surface area contributed by atoms with Crippen molar-refractivity contribution in [1.82, 2.24) is 9.97 Å². The van der Waals surface area contributed by atoms with E-state index in [1.54, 1.807) is 30.3 Å². The lowest BCUT2D eigenvalue weighted by atomic mass is 10.2. The van der Waals surface area contributed by atoms with Gasteiger partial charge in [-0.3, -0.25) is 0 Å². The van der Waals surface area contributed by atoms with Crippen LogP contribution < -0.4 is 10.2 Å². The van der Waals surface area contributed by atoms with Crippen LogP contribution in [0.1, 0.15) is 10.4 Å². The number of benzene rings is 2. The number of aromatic nitrogens is 2. The predicted molar refractivity (Wildman–Crippen MR) is 93.2 cm³/mol. The number of carboxylic acid groups (broad SMARTS) is 1. The number of hydrogen-bond donors (Lipinski definition) is 2. The molecule has 0 spiro atoms. The fraction of sp³-hybridized carbons (Fsp3) is 0.0556. The fourth-order valence-corrected chi connectivity index (χ4v) is 2.30. The third-order valence-corrected chi connectivity index (χ3v) is 3.56. The quantitative estimate of drug-likeness (QED) is 0.746. The maximum Gasteiger partial charge on any atom is 0.337 e. The van der Waals surface area contributed by atoms with Gasteiger partial charge in [0, 0.05) is 18.8 Å². The minimum absolute atomic E-state index is 0.189. The zero-order valence-electron chi connectivity index (χ0n) is 13.0. The first-order valence-corrected chi connectivity index (χ1v) is 7.35. The molecule has 3 rings (SSSR count). The summed E-state index contributed by atoms with van der Waals surface area (Å²) in [5.74, 6) is 0.233. The minimum Gasteiger partial charge on any atom is -0.478 e.